The van der Waals surface area contributed by atoms with Gasteiger partial charge in [-0.05, 0) is 56.1 Å². The van der Waals surface area contributed by atoms with E-state index < -0.39 is 0 Å². The van der Waals surface area contributed by atoms with Crippen molar-refractivity contribution in [3.05, 3.63) is 48.5 Å². The second kappa shape index (κ2) is 5.69. The fraction of sp³-hybridized carbons (Fsp3) is 0.400. The fourth-order valence-corrected chi connectivity index (χ4v) is 6.11. The van der Waals surface area contributed by atoms with Gasteiger partial charge in [0.2, 0.25) is 0 Å². The van der Waals surface area contributed by atoms with Gasteiger partial charge in [-0.1, -0.05) is 36.0 Å². The Bertz CT molecular complexity index is 726. The van der Waals surface area contributed by atoms with E-state index in [1.807, 2.05) is 11.8 Å². The van der Waals surface area contributed by atoms with Crippen molar-refractivity contribution in [2.75, 3.05) is 31.1 Å². The zero-order valence-electron chi connectivity index (χ0n) is 13.6. The summed E-state index contributed by atoms with van der Waals surface area (Å²) >= 11 is 9.12. The number of alkyl halides is 1. The summed E-state index contributed by atoms with van der Waals surface area (Å²) in [6, 6.07) is 17.4. The smallest absolute Gasteiger partial charge is 0.0780 e. The number of rotatable bonds is 2. The Morgan fingerprint density at radius 3 is 2.08 bits per heavy atom. The van der Waals surface area contributed by atoms with Crippen molar-refractivity contribution in [2.24, 2.45) is 5.92 Å². The molecule has 3 fully saturated rings. The highest BCUT2D eigenvalue weighted by Crippen LogP contribution is 2.50. The van der Waals surface area contributed by atoms with Crippen molar-refractivity contribution in [3.8, 4) is 0 Å². The lowest BCUT2D eigenvalue weighted by atomic mass is 9.78. The standard InChI is InChI=1S/C20H21ClN2S/c21-20(13-22-11-9-15(20)10-12-22)14-23-16-5-1-3-7-18(16)24-19-8-4-2-6-17(19)23/h1-8,15H,9-14H2. The number of halogens is 1. The summed E-state index contributed by atoms with van der Waals surface area (Å²) in [6.07, 6.45) is 2.49. The number of anilines is 2. The van der Waals surface area contributed by atoms with E-state index in [2.05, 4.69) is 58.3 Å². The molecule has 4 heterocycles. The average Bonchev–Trinajstić information content (AvgIpc) is 2.62. The van der Waals surface area contributed by atoms with Crippen LogP contribution in [0.4, 0.5) is 11.4 Å². The molecule has 0 spiro atoms. The molecule has 0 saturated carbocycles. The monoisotopic (exact) mass is 356 g/mol. The van der Waals surface area contributed by atoms with Crippen molar-refractivity contribution in [2.45, 2.75) is 27.5 Å². The maximum atomic E-state index is 7.25. The number of para-hydroxylation sites is 2. The molecule has 0 N–H and O–H groups in total. The number of fused-ring (bicyclic) bond motifs is 5. The van der Waals surface area contributed by atoms with Gasteiger partial charge in [0.1, 0.15) is 0 Å². The number of benzene rings is 2. The number of hydrogen-bond donors (Lipinski definition) is 0. The van der Waals surface area contributed by atoms with E-state index in [9.17, 15) is 0 Å². The molecule has 2 aromatic carbocycles. The van der Waals surface area contributed by atoms with Gasteiger partial charge < -0.3 is 9.80 Å². The highest BCUT2D eigenvalue weighted by molar-refractivity contribution is 7.99. The van der Waals surface area contributed by atoms with Crippen molar-refractivity contribution >= 4 is 34.7 Å². The van der Waals surface area contributed by atoms with Crippen LogP contribution in [0.1, 0.15) is 12.8 Å². The van der Waals surface area contributed by atoms with Crippen LogP contribution in [0, 0.1) is 5.92 Å². The third kappa shape index (κ3) is 2.37. The third-order valence-corrected chi connectivity index (χ3v) is 7.44. The first-order chi connectivity index (χ1) is 11.7. The van der Waals surface area contributed by atoms with E-state index in [1.165, 1.54) is 47.1 Å². The van der Waals surface area contributed by atoms with E-state index in [0.717, 1.165) is 13.1 Å². The maximum absolute atomic E-state index is 7.25. The molecule has 124 valence electrons. The lowest BCUT2D eigenvalue weighted by Crippen LogP contribution is -2.60. The fourth-order valence-electron chi connectivity index (χ4n) is 4.50. The van der Waals surface area contributed by atoms with E-state index in [-0.39, 0.29) is 4.87 Å². The summed E-state index contributed by atoms with van der Waals surface area (Å²) in [4.78, 5) is 7.54. The van der Waals surface area contributed by atoms with Crippen LogP contribution in [0.15, 0.2) is 58.3 Å². The Morgan fingerprint density at radius 2 is 1.54 bits per heavy atom. The molecule has 4 aliphatic rings. The largest absolute Gasteiger partial charge is 0.338 e. The molecule has 3 saturated heterocycles. The van der Waals surface area contributed by atoms with Crippen LogP contribution in [-0.2, 0) is 0 Å². The molecule has 0 amide bonds. The Balaban J connectivity index is 1.56. The summed E-state index contributed by atoms with van der Waals surface area (Å²) in [5.41, 5.74) is 2.61. The van der Waals surface area contributed by atoms with Crippen LogP contribution < -0.4 is 4.90 Å². The van der Waals surface area contributed by atoms with Gasteiger partial charge in [-0.3, -0.25) is 0 Å². The zero-order chi connectivity index (χ0) is 16.1. The molecule has 24 heavy (non-hydrogen) atoms. The van der Waals surface area contributed by atoms with Crippen molar-refractivity contribution in [1.82, 2.24) is 4.90 Å². The molecule has 2 bridgehead atoms. The Hall–Kier alpha value is -1.16. The Labute approximate surface area is 152 Å². The number of nitrogens with zero attached hydrogens (tertiary/aromatic N) is 2. The molecular formula is C20H21ClN2S. The highest BCUT2D eigenvalue weighted by atomic mass is 35.5. The second-order valence-corrected chi connectivity index (χ2v) is 9.05. The van der Waals surface area contributed by atoms with Crippen molar-refractivity contribution in [3.63, 3.8) is 0 Å². The molecule has 2 aromatic rings. The molecule has 4 aliphatic heterocycles. The summed E-state index contributed by atoms with van der Waals surface area (Å²) < 4.78 is 0. The summed E-state index contributed by atoms with van der Waals surface area (Å²) in [5.74, 6) is 0.637. The van der Waals surface area contributed by atoms with Gasteiger partial charge in [0.25, 0.3) is 0 Å². The van der Waals surface area contributed by atoms with Crippen LogP contribution >= 0.6 is 23.4 Å². The van der Waals surface area contributed by atoms with Crippen molar-refractivity contribution < 1.29 is 0 Å². The summed E-state index contributed by atoms with van der Waals surface area (Å²) in [7, 11) is 0. The van der Waals surface area contributed by atoms with E-state index in [4.69, 9.17) is 11.6 Å². The van der Waals surface area contributed by atoms with Crippen LogP contribution in [0.25, 0.3) is 0 Å². The van der Waals surface area contributed by atoms with Gasteiger partial charge in [-0.15, -0.1) is 11.6 Å². The predicted octanol–water partition coefficient (Wildman–Crippen LogP) is 4.99. The van der Waals surface area contributed by atoms with Gasteiger partial charge in [0.05, 0.1) is 16.2 Å². The SMILES string of the molecule is ClC1(CN2c3ccccc3Sc3ccccc32)CN2CCC1CC2. The predicted molar refractivity (Wildman–Crippen MR) is 102 cm³/mol. The zero-order valence-corrected chi connectivity index (χ0v) is 15.2. The third-order valence-electron chi connectivity index (χ3n) is 5.76. The van der Waals surface area contributed by atoms with E-state index >= 15 is 0 Å². The molecule has 0 radical (unpaired) electrons. The minimum atomic E-state index is -0.140. The molecule has 6 rings (SSSR count). The molecular weight excluding hydrogens is 336 g/mol. The van der Waals surface area contributed by atoms with Crippen LogP contribution in [-0.4, -0.2) is 36.0 Å². The topological polar surface area (TPSA) is 6.48 Å². The first kappa shape index (κ1) is 15.1. The molecule has 2 nitrogen and oxygen atoms in total. The first-order valence-corrected chi connectivity index (χ1v) is 9.97. The lowest BCUT2D eigenvalue weighted by molar-refractivity contribution is 0.0712. The van der Waals surface area contributed by atoms with Crippen LogP contribution in [0.5, 0.6) is 0 Å². The van der Waals surface area contributed by atoms with Crippen LogP contribution in [0.2, 0.25) is 0 Å². The summed E-state index contributed by atoms with van der Waals surface area (Å²) in [6.45, 7) is 4.36. The van der Waals surface area contributed by atoms with Gasteiger partial charge in [-0.25, -0.2) is 0 Å². The highest BCUT2D eigenvalue weighted by Gasteiger charge is 2.47. The minimum Gasteiger partial charge on any atom is -0.338 e. The van der Waals surface area contributed by atoms with Gasteiger partial charge in [-0.2, -0.15) is 0 Å². The Kier molecular flexibility index (Phi) is 3.58. The normalized spacial score (nSPS) is 30.8. The van der Waals surface area contributed by atoms with Gasteiger partial charge >= 0.3 is 0 Å². The average molecular weight is 357 g/mol. The van der Waals surface area contributed by atoms with Crippen LogP contribution in [0.3, 0.4) is 0 Å². The maximum Gasteiger partial charge on any atom is 0.0780 e. The van der Waals surface area contributed by atoms with E-state index in [1.54, 1.807) is 0 Å². The molecule has 1 atom stereocenters. The molecule has 4 heteroatoms. The molecule has 0 aliphatic carbocycles. The number of piperidine rings is 3. The van der Waals surface area contributed by atoms with Gasteiger partial charge in [0, 0.05) is 22.9 Å². The second-order valence-electron chi connectivity index (χ2n) is 7.21. The Morgan fingerprint density at radius 1 is 0.958 bits per heavy atom. The first-order valence-electron chi connectivity index (χ1n) is 8.78. The lowest BCUT2D eigenvalue weighted by Gasteiger charge is -2.52. The number of hydrogen-bond acceptors (Lipinski definition) is 3. The van der Waals surface area contributed by atoms with E-state index in [0.29, 0.717) is 5.92 Å². The van der Waals surface area contributed by atoms with Crippen molar-refractivity contribution in [1.29, 1.82) is 0 Å². The molecule has 1 unspecified atom stereocenters. The quantitative estimate of drug-likeness (QED) is 0.700. The van der Waals surface area contributed by atoms with Gasteiger partial charge in [0.15, 0.2) is 0 Å². The minimum absolute atomic E-state index is 0.140. The summed E-state index contributed by atoms with van der Waals surface area (Å²) in [5, 5.41) is 0. The molecule has 0 aromatic heterocycles.